The van der Waals surface area contributed by atoms with E-state index in [1.165, 1.54) is 60.0 Å². The van der Waals surface area contributed by atoms with Crippen molar-refractivity contribution in [1.82, 2.24) is 10.2 Å². The van der Waals surface area contributed by atoms with Crippen molar-refractivity contribution in [1.29, 1.82) is 0 Å². The van der Waals surface area contributed by atoms with Gasteiger partial charge in [0.15, 0.2) is 0 Å². The predicted octanol–water partition coefficient (Wildman–Crippen LogP) is 3.29. The first kappa shape index (κ1) is 14.7. The lowest BCUT2D eigenvalue weighted by atomic mass is 9.77. The van der Waals surface area contributed by atoms with Gasteiger partial charge in [0.25, 0.3) is 5.91 Å². The van der Waals surface area contributed by atoms with Gasteiger partial charge >= 0.3 is 0 Å². The van der Waals surface area contributed by atoms with Gasteiger partial charge in [0.05, 0.1) is 24.1 Å². The number of amides is 1. The van der Waals surface area contributed by atoms with Gasteiger partial charge in [-0.2, -0.15) is 0 Å². The molecule has 1 aliphatic carbocycles. The maximum absolute atomic E-state index is 13.0. The summed E-state index contributed by atoms with van der Waals surface area (Å²) in [4.78, 5) is 16.5. The van der Waals surface area contributed by atoms with Crippen LogP contribution >= 0.6 is 11.3 Å². The first-order valence-electron chi connectivity index (χ1n) is 9.43. The molecule has 25 heavy (non-hydrogen) atoms. The Kier molecular flexibility index (Phi) is 2.98. The average Bonchev–Trinajstić information content (AvgIpc) is 3.08. The number of fused-ring (bicyclic) bond motifs is 5. The molecule has 0 radical (unpaired) electrons. The second kappa shape index (κ2) is 5.06. The molecule has 1 amide bonds. The fraction of sp³-hybridized carbons (Fsp3) is 0.550. The maximum atomic E-state index is 13.0. The second-order valence-corrected chi connectivity index (χ2v) is 9.16. The summed E-state index contributed by atoms with van der Waals surface area (Å²) < 4.78 is 6.82. The molecule has 4 fully saturated rings. The Bertz CT molecular complexity index is 877. The van der Waals surface area contributed by atoms with Crippen molar-refractivity contribution >= 4 is 27.3 Å². The minimum Gasteiger partial charge on any atom is -0.372 e. The quantitative estimate of drug-likeness (QED) is 0.900. The standard InChI is InChI=1S/C20H22N2O2S/c23-19(21-18-12-3-7-22(8-4-12)20(18)5-6-20)16-9-13-1-2-14-10-24-11-15(14)17(13)25-16/h1-2,9,12,18H,3-8,10-11H2,(H,21,23)/t18-/m0/s1. The topological polar surface area (TPSA) is 41.6 Å². The van der Waals surface area contributed by atoms with Crippen LogP contribution in [-0.2, 0) is 18.0 Å². The molecule has 5 heterocycles. The molecule has 4 nitrogen and oxygen atoms in total. The minimum absolute atomic E-state index is 0.124. The molecular weight excluding hydrogens is 332 g/mol. The van der Waals surface area contributed by atoms with E-state index >= 15 is 0 Å². The van der Waals surface area contributed by atoms with Crippen molar-refractivity contribution in [3.63, 3.8) is 0 Å². The number of nitrogens with one attached hydrogen (secondary N) is 1. The Morgan fingerprint density at radius 1 is 1.24 bits per heavy atom. The third-order valence-corrected chi connectivity index (χ3v) is 8.09. The van der Waals surface area contributed by atoms with Crippen molar-refractivity contribution < 1.29 is 9.53 Å². The molecule has 1 aromatic heterocycles. The molecule has 1 spiro atoms. The Balaban J connectivity index is 1.31. The van der Waals surface area contributed by atoms with Gasteiger partial charge in [-0.15, -0.1) is 11.3 Å². The van der Waals surface area contributed by atoms with Gasteiger partial charge in [-0.25, -0.2) is 0 Å². The van der Waals surface area contributed by atoms with E-state index in [0.29, 0.717) is 30.7 Å². The predicted molar refractivity (Wildman–Crippen MR) is 97.8 cm³/mol. The van der Waals surface area contributed by atoms with Crippen molar-refractivity contribution in [2.45, 2.75) is 50.5 Å². The Labute approximate surface area is 151 Å². The van der Waals surface area contributed by atoms with Gasteiger partial charge in [0.1, 0.15) is 0 Å². The van der Waals surface area contributed by atoms with Gasteiger partial charge in [-0.1, -0.05) is 12.1 Å². The molecule has 1 N–H and O–H groups in total. The number of hydrogen-bond donors (Lipinski definition) is 1. The Morgan fingerprint density at radius 2 is 2.08 bits per heavy atom. The molecule has 7 rings (SSSR count). The summed E-state index contributed by atoms with van der Waals surface area (Å²) in [6, 6.07) is 6.69. The smallest absolute Gasteiger partial charge is 0.261 e. The summed E-state index contributed by atoms with van der Waals surface area (Å²) >= 11 is 1.63. The zero-order valence-corrected chi connectivity index (χ0v) is 15.0. The van der Waals surface area contributed by atoms with Crippen LogP contribution in [0.5, 0.6) is 0 Å². The molecule has 2 aromatic rings. The van der Waals surface area contributed by atoms with Crippen molar-refractivity contribution in [3.05, 3.63) is 34.2 Å². The van der Waals surface area contributed by atoms with Gasteiger partial charge < -0.3 is 10.1 Å². The number of carbonyl (C=O) groups excluding carboxylic acids is 1. The molecule has 1 saturated carbocycles. The lowest BCUT2D eigenvalue weighted by Crippen LogP contribution is -2.65. The van der Waals surface area contributed by atoms with Crippen LogP contribution in [0.4, 0.5) is 0 Å². The van der Waals surface area contributed by atoms with E-state index in [2.05, 4.69) is 28.4 Å². The van der Waals surface area contributed by atoms with Crippen LogP contribution in [0.25, 0.3) is 10.1 Å². The largest absolute Gasteiger partial charge is 0.372 e. The van der Waals surface area contributed by atoms with Crippen LogP contribution in [0.3, 0.4) is 0 Å². The molecule has 5 aliphatic rings. The highest BCUT2D eigenvalue weighted by molar-refractivity contribution is 7.21. The van der Waals surface area contributed by atoms with Crippen LogP contribution < -0.4 is 5.32 Å². The van der Waals surface area contributed by atoms with E-state index in [4.69, 9.17) is 4.74 Å². The molecular formula is C20H22N2O2S. The maximum Gasteiger partial charge on any atom is 0.261 e. The van der Waals surface area contributed by atoms with E-state index in [0.717, 1.165) is 4.88 Å². The zero-order chi connectivity index (χ0) is 16.6. The van der Waals surface area contributed by atoms with Crippen LogP contribution in [0, 0.1) is 5.92 Å². The third-order valence-electron chi connectivity index (χ3n) is 6.88. The van der Waals surface area contributed by atoms with E-state index in [9.17, 15) is 4.79 Å². The van der Waals surface area contributed by atoms with E-state index in [1.807, 2.05) is 0 Å². The first-order chi connectivity index (χ1) is 12.2. The number of ether oxygens (including phenoxy) is 1. The molecule has 130 valence electrons. The average molecular weight is 354 g/mol. The lowest BCUT2D eigenvalue weighted by Gasteiger charge is -2.52. The summed E-state index contributed by atoms with van der Waals surface area (Å²) in [5, 5.41) is 4.62. The summed E-state index contributed by atoms with van der Waals surface area (Å²) in [5.74, 6) is 0.794. The summed E-state index contributed by atoms with van der Waals surface area (Å²) in [6.07, 6.45) is 4.99. The second-order valence-electron chi connectivity index (χ2n) is 8.10. The number of nitrogens with zero attached hydrogens (tertiary/aromatic N) is 1. The third kappa shape index (κ3) is 2.03. The van der Waals surface area contributed by atoms with Crippen molar-refractivity contribution in [2.75, 3.05) is 13.1 Å². The van der Waals surface area contributed by atoms with Crippen LogP contribution in [0.15, 0.2) is 18.2 Å². The number of benzene rings is 1. The van der Waals surface area contributed by atoms with E-state index < -0.39 is 0 Å². The SMILES string of the molecule is O=C(N[C@H]1C2CCN(CC2)C12CC2)c1cc2ccc3c(c2s1)COC3. The van der Waals surface area contributed by atoms with E-state index in [1.54, 1.807) is 11.3 Å². The van der Waals surface area contributed by atoms with Crippen molar-refractivity contribution in [3.8, 4) is 0 Å². The van der Waals surface area contributed by atoms with Gasteiger partial charge in [0.2, 0.25) is 0 Å². The fourth-order valence-corrected chi connectivity index (χ4v) is 6.52. The van der Waals surface area contributed by atoms with Gasteiger partial charge in [0, 0.05) is 15.8 Å². The highest BCUT2D eigenvalue weighted by Crippen LogP contribution is 2.53. The molecule has 5 heteroatoms. The van der Waals surface area contributed by atoms with E-state index in [-0.39, 0.29) is 5.91 Å². The molecule has 0 unspecified atom stereocenters. The summed E-state index contributed by atoms with van der Waals surface area (Å²) in [5.41, 5.74) is 2.85. The van der Waals surface area contributed by atoms with Crippen LogP contribution in [0.1, 0.15) is 46.5 Å². The molecule has 1 atom stereocenters. The number of thiophene rings is 1. The molecule has 4 aliphatic heterocycles. The number of carbonyl (C=O) groups is 1. The zero-order valence-electron chi connectivity index (χ0n) is 14.2. The van der Waals surface area contributed by atoms with Gasteiger partial charge in [-0.3, -0.25) is 9.69 Å². The summed E-state index contributed by atoms with van der Waals surface area (Å²) in [6.45, 7) is 3.84. The lowest BCUT2D eigenvalue weighted by molar-refractivity contribution is -0.00138. The van der Waals surface area contributed by atoms with Crippen molar-refractivity contribution in [2.24, 2.45) is 5.92 Å². The van der Waals surface area contributed by atoms with Crippen LogP contribution in [-0.4, -0.2) is 35.5 Å². The first-order valence-corrected chi connectivity index (χ1v) is 10.2. The molecule has 3 saturated heterocycles. The molecule has 1 aromatic carbocycles. The number of hydrogen-bond acceptors (Lipinski definition) is 4. The monoisotopic (exact) mass is 354 g/mol. The summed E-state index contributed by atoms with van der Waals surface area (Å²) in [7, 11) is 0. The van der Waals surface area contributed by atoms with Crippen LogP contribution in [0.2, 0.25) is 0 Å². The minimum atomic E-state index is 0.124. The Hall–Kier alpha value is -1.43. The molecule has 2 bridgehead atoms. The van der Waals surface area contributed by atoms with Gasteiger partial charge in [-0.05, 0) is 61.7 Å². The fourth-order valence-electron chi connectivity index (χ4n) is 5.40. The number of rotatable bonds is 2. The highest BCUT2D eigenvalue weighted by Gasteiger charge is 2.60. The normalized spacial score (nSPS) is 31.4. The highest BCUT2D eigenvalue weighted by atomic mass is 32.1. The number of piperidine rings is 3. The Morgan fingerprint density at radius 3 is 2.88 bits per heavy atom.